The van der Waals surface area contributed by atoms with E-state index < -0.39 is 0 Å². The summed E-state index contributed by atoms with van der Waals surface area (Å²) in [7, 11) is 0. The van der Waals surface area contributed by atoms with E-state index in [1.54, 1.807) is 18.2 Å². The molecule has 0 saturated heterocycles. The Morgan fingerprint density at radius 1 is 1.00 bits per heavy atom. The third kappa shape index (κ3) is 2.22. The van der Waals surface area contributed by atoms with Crippen LogP contribution in [0.4, 0.5) is 4.39 Å². The van der Waals surface area contributed by atoms with Crippen LogP contribution in [0.5, 0.6) is 5.75 Å². The molecule has 0 aliphatic carbocycles. The van der Waals surface area contributed by atoms with Gasteiger partial charge in [0.25, 0.3) is 0 Å². The van der Waals surface area contributed by atoms with Crippen LogP contribution in [-0.2, 0) is 0 Å². The highest BCUT2D eigenvalue weighted by Crippen LogP contribution is 2.27. The first-order valence-electron chi connectivity index (χ1n) is 5.56. The molecule has 3 nitrogen and oxygen atoms in total. The first-order chi connectivity index (χ1) is 9.13. The van der Waals surface area contributed by atoms with Gasteiger partial charge in [0.1, 0.15) is 16.7 Å². The molecule has 0 aliphatic heterocycles. The Kier molecular flexibility index (Phi) is 2.80. The molecule has 1 heterocycles. The van der Waals surface area contributed by atoms with E-state index in [9.17, 15) is 9.50 Å². The van der Waals surface area contributed by atoms with Gasteiger partial charge >= 0.3 is 0 Å². The fourth-order valence-electron chi connectivity index (χ4n) is 1.81. The van der Waals surface area contributed by atoms with Gasteiger partial charge in [0.05, 0.1) is 5.52 Å². The molecule has 3 aromatic rings. The Morgan fingerprint density at radius 3 is 2.47 bits per heavy atom. The molecule has 0 bridgehead atoms. The van der Waals surface area contributed by atoms with Gasteiger partial charge < -0.3 is 5.11 Å². The zero-order chi connectivity index (χ0) is 13.4. The first kappa shape index (κ1) is 11.9. The van der Waals surface area contributed by atoms with Crippen molar-refractivity contribution in [1.82, 2.24) is 9.97 Å². The van der Waals surface area contributed by atoms with E-state index in [0.717, 1.165) is 0 Å². The van der Waals surface area contributed by atoms with Crippen LogP contribution in [0, 0.1) is 5.82 Å². The lowest BCUT2D eigenvalue weighted by atomic mass is 10.2. The zero-order valence-electron chi connectivity index (χ0n) is 9.64. The topological polar surface area (TPSA) is 46.0 Å². The van der Waals surface area contributed by atoms with Crippen LogP contribution < -0.4 is 0 Å². The summed E-state index contributed by atoms with van der Waals surface area (Å²) >= 11 is 6.08. The number of aromatic hydroxyl groups is 1. The van der Waals surface area contributed by atoms with E-state index >= 15 is 0 Å². The van der Waals surface area contributed by atoms with Crippen LogP contribution in [0.2, 0.25) is 5.15 Å². The van der Waals surface area contributed by atoms with Crippen molar-refractivity contribution in [1.29, 1.82) is 0 Å². The molecule has 94 valence electrons. The standard InChI is InChI=1S/C14H8ClFN2O/c15-13-11-7-10(19)5-6-12(11)17-14(18-13)8-1-3-9(16)4-2-8/h1-7,19H. The maximum absolute atomic E-state index is 12.9. The van der Waals surface area contributed by atoms with E-state index in [0.29, 0.717) is 22.3 Å². The second kappa shape index (κ2) is 4.48. The number of hydrogen-bond donors (Lipinski definition) is 1. The van der Waals surface area contributed by atoms with Crippen molar-refractivity contribution in [2.45, 2.75) is 0 Å². The Labute approximate surface area is 113 Å². The molecule has 0 spiro atoms. The summed E-state index contributed by atoms with van der Waals surface area (Å²) in [6, 6.07) is 10.6. The predicted molar refractivity (Wildman–Crippen MR) is 71.6 cm³/mol. The number of fused-ring (bicyclic) bond motifs is 1. The maximum Gasteiger partial charge on any atom is 0.161 e. The average molecular weight is 275 g/mol. The lowest BCUT2D eigenvalue weighted by molar-refractivity contribution is 0.476. The Bertz CT molecular complexity index is 759. The van der Waals surface area contributed by atoms with Gasteiger partial charge in [0.15, 0.2) is 5.82 Å². The van der Waals surface area contributed by atoms with Crippen molar-refractivity contribution in [3.63, 3.8) is 0 Å². The minimum absolute atomic E-state index is 0.104. The lowest BCUT2D eigenvalue weighted by Gasteiger charge is -2.05. The second-order valence-corrected chi connectivity index (χ2v) is 4.40. The number of phenols is 1. The normalized spacial score (nSPS) is 10.8. The number of nitrogens with zero attached hydrogens (tertiary/aromatic N) is 2. The van der Waals surface area contributed by atoms with Crippen molar-refractivity contribution in [2.24, 2.45) is 0 Å². The van der Waals surface area contributed by atoms with E-state index in [-0.39, 0.29) is 16.7 Å². The van der Waals surface area contributed by atoms with Crippen LogP contribution >= 0.6 is 11.6 Å². The highest BCUT2D eigenvalue weighted by molar-refractivity contribution is 6.34. The fraction of sp³-hybridized carbons (Fsp3) is 0. The smallest absolute Gasteiger partial charge is 0.161 e. The number of halogens is 2. The van der Waals surface area contributed by atoms with Gasteiger partial charge in [-0.1, -0.05) is 11.6 Å². The highest BCUT2D eigenvalue weighted by Gasteiger charge is 2.08. The Hall–Kier alpha value is -2.20. The molecule has 2 aromatic carbocycles. The SMILES string of the molecule is Oc1ccc2nc(-c3ccc(F)cc3)nc(Cl)c2c1. The lowest BCUT2D eigenvalue weighted by Crippen LogP contribution is -1.92. The van der Waals surface area contributed by atoms with Crippen molar-refractivity contribution in [3.8, 4) is 17.1 Å². The Morgan fingerprint density at radius 2 is 1.74 bits per heavy atom. The third-order valence-electron chi connectivity index (χ3n) is 2.74. The van der Waals surface area contributed by atoms with Crippen LogP contribution in [0.25, 0.3) is 22.3 Å². The van der Waals surface area contributed by atoms with Gasteiger partial charge in [0.2, 0.25) is 0 Å². The fourth-order valence-corrected chi connectivity index (χ4v) is 2.04. The summed E-state index contributed by atoms with van der Waals surface area (Å²) in [5.41, 5.74) is 1.30. The van der Waals surface area contributed by atoms with Gasteiger partial charge in [-0.15, -0.1) is 0 Å². The number of hydrogen-bond acceptors (Lipinski definition) is 3. The molecule has 0 aliphatic rings. The number of rotatable bonds is 1. The molecule has 0 saturated carbocycles. The average Bonchev–Trinajstić information content (AvgIpc) is 2.40. The first-order valence-corrected chi connectivity index (χ1v) is 5.93. The molecular formula is C14H8ClFN2O. The molecule has 1 N–H and O–H groups in total. The number of benzene rings is 2. The molecule has 0 fully saturated rings. The van der Waals surface area contributed by atoms with Gasteiger partial charge in [-0.25, -0.2) is 14.4 Å². The molecule has 5 heteroatoms. The summed E-state index contributed by atoms with van der Waals surface area (Å²) in [6.45, 7) is 0. The van der Waals surface area contributed by atoms with Crippen LogP contribution in [-0.4, -0.2) is 15.1 Å². The minimum atomic E-state index is -0.319. The Balaban J connectivity index is 2.20. The molecule has 0 amide bonds. The van der Waals surface area contributed by atoms with Crippen molar-refractivity contribution in [2.75, 3.05) is 0 Å². The summed E-state index contributed by atoms with van der Waals surface area (Å²) in [6.07, 6.45) is 0. The molecule has 3 rings (SSSR count). The van der Waals surface area contributed by atoms with Gasteiger partial charge in [-0.3, -0.25) is 0 Å². The second-order valence-electron chi connectivity index (χ2n) is 4.05. The van der Waals surface area contributed by atoms with Crippen LogP contribution in [0.3, 0.4) is 0 Å². The molecule has 1 aromatic heterocycles. The van der Waals surface area contributed by atoms with E-state index in [4.69, 9.17) is 11.6 Å². The van der Waals surface area contributed by atoms with Crippen molar-refractivity contribution in [3.05, 3.63) is 53.4 Å². The summed E-state index contributed by atoms with van der Waals surface area (Å²) < 4.78 is 12.9. The monoisotopic (exact) mass is 274 g/mol. The van der Waals surface area contributed by atoms with E-state index in [2.05, 4.69) is 9.97 Å². The molecular weight excluding hydrogens is 267 g/mol. The maximum atomic E-state index is 12.9. The van der Waals surface area contributed by atoms with Gasteiger partial charge in [-0.05, 0) is 42.5 Å². The number of aromatic nitrogens is 2. The van der Waals surface area contributed by atoms with Crippen molar-refractivity contribution < 1.29 is 9.50 Å². The summed E-state index contributed by atoms with van der Waals surface area (Å²) in [5, 5.41) is 10.2. The zero-order valence-corrected chi connectivity index (χ0v) is 10.4. The van der Waals surface area contributed by atoms with Crippen molar-refractivity contribution >= 4 is 22.5 Å². The van der Waals surface area contributed by atoms with Crippen LogP contribution in [0.1, 0.15) is 0 Å². The molecule has 0 atom stereocenters. The minimum Gasteiger partial charge on any atom is -0.508 e. The molecule has 0 unspecified atom stereocenters. The third-order valence-corrected chi connectivity index (χ3v) is 3.02. The quantitative estimate of drug-likeness (QED) is 0.687. The molecule has 0 radical (unpaired) electrons. The van der Waals surface area contributed by atoms with E-state index in [1.807, 2.05) is 0 Å². The predicted octanol–water partition coefficient (Wildman–Crippen LogP) is 3.79. The largest absolute Gasteiger partial charge is 0.508 e. The van der Waals surface area contributed by atoms with E-state index in [1.165, 1.54) is 24.3 Å². The molecule has 19 heavy (non-hydrogen) atoms. The van der Waals surface area contributed by atoms with Gasteiger partial charge in [-0.2, -0.15) is 0 Å². The summed E-state index contributed by atoms with van der Waals surface area (Å²) in [5.74, 6) is 0.205. The van der Waals surface area contributed by atoms with Crippen LogP contribution in [0.15, 0.2) is 42.5 Å². The van der Waals surface area contributed by atoms with Gasteiger partial charge in [0, 0.05) is 10.9 Å². The summed E-state index contributed by atoms with van der Waals surface area (Å²) in [4.78, 5) is 8.51. The number of phenolic OH excluding ortho intramolecular Hbond substituents is 1. The highest BCUT2D eigenvalue weighted by atomic mass is 35.5.